The van der Waals surface area contributed by atoms with E-state index in [0.717, 1.165) is 38.0 Å². The number of nitriles is 1. The van der Waals surface area contributed by atoms with Crippen LogP contribution in [0, 0.1) is 23.2 Å². The molecule has 0 spiro atoms. The first-order valence-corrected chi connectivity index (χ1v) is 11.2. The lowest BCUT2D eigenvalue weighted by atomic mass is 9.94. The van der Waals surface area contributed by atoms with E-state index in [-0.39, 0.29) is 0 Å². The van der Waals surface area contributed by atoms with Crippen LogP contribution >= 0.6 is 0 Å². The summed E-state index contributed by atoms with van der Waals surface area (Å²) in [7, 11) is -3.38. The van der Waals surface area contributed by atoms with Crippen LogP contribution in [0.3, 0.4) is 0 Å². The summed E-state index contributed by atoms with van der Waals surface area (Å²) in [5, 5.41) is 8.91. The van der Waals surface area contributed by atoms with Crippen molar-refractivity contribution in [2.75, 3.05) is 39.3 Å². The van der Waals surface area contributed by atoms with Gasteiger partial charge in [-0.2, -0.15) is 22.3 Å². The second-order valence-corrected chi connectivity index (χ2v) is 10.0. The van der Waals surface area contributed by atoms with Crippen LogP contribution in [0.2, 0.25) is 0 Å². The Hall–Kier alpha value is -1.46. The zero-order valence-electron chi connectivity index (χ0n) is 16.3. The molecule has 2 saturated heterocycles. The Morgan fingerprint density at radius 1 is 1.00 bits per heavy atom. The van der Waals surface area contributed by atoms with Crippen LogP contribution in [-0.4, -0.2) is 61.2 Å². The second-order valence-electron chi connectivity index (χ2n) is 8.11. The molecular weight excluding hydrogens is 360 g/mol. The molecule has 2 atom stereocenters. The highest BCUT2D eigenvalue weighted by atomic mass is 32.2. The number of hydrogen-bond donors (Lipinski definition) is 0. The Labute approximate surface area is 163 Å². The molecule has 0 saturated carbocycles. The minimum atomic E-state index is -3.38. The molecule has 2 fully saturated rings. The Morgan fingerprint density at radius 3 is 2.30 bits per heavy atom. The van der Waals surface area contributed by atoms with E-state index >= 15 is 0 Å². The van der Waals surface area contributed by atoms with Crippen molar-refractivity contribution in [2.24, 2.45) is 11.8 Å². The summed E-state index contributed by atoms with van der Waals surface area (Å²) in [6, 6.07) is 9.77. The van der Waals surface area contributed by atoms with Gasteiger partial charge in [-0.15, -0.1) is 0 Å². The van der Waals surface area contributed by atoms with Gasteiger partial charge in [-0.05, 0) is 48.9 Å². The van der Waals surface area contributed by atoms with Gasteiger partial charge in [0.05, 0.1) is 11.6 Å². The first-order valence-electron chi connectivity index (χ1n) is 9.85. The van der Waals surface area contributed by atoms with E-state index in [0.29, 0.717) is 43.6 Å². The Kier molecular flexibility index (Phi) is 6.53. The van der Waals surface area contributed by atoms with Gasteiger partial charge in [0.25, 0.3) is 10.2 Å². The summed E-state index contributed by atoms with van der Waals surface area (Å²) in [5.74, 6) is 0.840. The molecule has 6 nitrogen and oxygen atoms in total. The van der Waals surface area contributed by atoms with Crippen molar-refractivity contribution in [3.05, 3.63) is 35.4 Å². The van der Waals surface area contributed by atoms with Gasteiger partial charge in [0.15, 0.2) is 0 Å². The van der Waals surface area contributed by atoms with Crippen molar-refractivity contribution in [3.8, 4) is 6.07 Å². The number of rotatable bonds is 4. The molecule has 2 aliphatic heterocycles. The first-order chi connectivity index (χ1) is 12.9. The topological polar surface area (TPSA) is 67.7 Å². The van der Waals surface area contributed by atoms with Gasteiger partial charge in [0.1, 0.15) is 0 Å². The fraction of sp³-hybridized carbons (Fsp3) is 0.650. The van der Waals surface area contributed by atoms with Crippen LogP contribution in [0.25, 0.3) is 0 Å². The quantitative estimate of drug-likeness (QED) is 0.791. The maximum Gasteiger partial charge on any atom is 0.282 e. The summed E-state index contributed by atoms with van der Waals surface area (Å²) < 4.78 is 29.6. The van der Waals surface area contributed by atoms with E-state index in [1.807, 2.05) is 24.3 Å². The molecule has 27 heavy (non-hydrogen) atoms. The third-order valence-corrected chi connectivity index (χ3v) is 7.49. The smallest absolute Gasteiger partial charge is 0.282 e. The lowest BCUT2D eigenvalue weighted by molar-refractivity contribution is 0.208. The highest BCUT2D eigenvalue weighted by molar-refractivity contribution is 7.86. The Morgan fingerprint density at radius 2 is 1.67 bits per heavy atom. The van der Waals surface area contributed by atoms with Gasteiger partial charge in [0.2, 0.25) is 0 Å². The Bertz CT molecular complexity index is 762. The van der Waals surface area contributed by atoms with Crippen molar-refractivity contribution in [3.63, 3.8) is 0 Å². The van der Waals surface area contributed by atoms with Crippen molar-refractivity contribution in [2.45, 2.75) is 33.2 Å². The molecule has 1 aromatic rings. The maximum atomic E-state index is 13.1. The predicted molar refractivity (Wildman–Crippen MR) is 106 cm³/mol. The summed E-state index contributed by atoms with van der Waals surface area (Å²) in [5.41, 5.74) is 1.82. The molecule has 7 heteroatoms. The molecule has 0 radical (unpaired) electrons. The average molecular weight is 391 g/mol. The van der Waals surface area contributed by atoms with Gasteiger partial charge >= 0.3 is 0 Å². The molecule has 2 heterocycles. The first kappa shape index (κ1) is 20.3. The number of piperidine rings is 1. The van der Waals surface area contributed by atoms with Gasteiger partial charge in [0, 0.05) is 39.3 Å². The van der Waals surface area contributed by atoms with Crippen LogP contribution < -0.4 is 0 Å². The lowest BCUT2D eigenvalue weighted by Crippen LogP contribution is -2.50. The second kappa shape index (κ2) is 8.70. The number of hydrogen-bond acceptors (Lipinski definition) is 4. The molecule has 0 aromatic heterocycles. The molecule has 3 rings (SSSR count). The van der Waals surface area contributed by atoms with E-state index in [1.165, 1.54) is 0 Å². The molecule has 0 aliphatic carbocycles. The highest BCUT2D eigenvalue weighted by Gasteiger charge is 2.35. The monoisotopic (exact) mass is 390 g/mol. The average Bonchev–Trinajstić information content (AvgIpc) is 2.87. The zero-order chi connectivity index (χ0) is 19.4. The fourth-order valence-electron chi connectivity index (χ4n) is 4.24. The van der Waals surface area contributed by atoms with Gasteiger partial charge in [-0.3, -0.25) is 4.90 Å². The predicted octanol–water partition coefficient (Wildman–Crippen LogP) is 2.29. The summed E-state index contributed by atoms with van der Waals surface area (Å²) >= 11 is 0. The molecule has 0 N–H and O–H groups in total. The van der Waals surface area contributed by atoms with E-state index in [4.69, 9.17) is 5.26 Å². The standard InChI is InChI=1S/C20H30N4O2S/c1-17-12-18(2)15-24(14-17)27(25,26)23-9-3-8-22(10-11-23)16-20-6-4-19(13-21)5-7-20/h4-7,17-18H,3,8-12,14-16H2,1-2H3. The molecular formula is C20H30N4O2S. The van der Waals surface area contributed by atoms with Crippen LogP contribution in [-0.2, 0) is 16.8 Å². The largest absolute Gasteiger partial charge is 0.298 e. The molecule has 2 unspecified atom stereocenters. The van der Waals surface area contributed by atoms with E-state index in [2.05, 4.69) is 24.8 Å². The minimum absolute atomic E-state index is 0.420. The van der Waals surface area contributed by atoms with Crippen molar-refractivity contribution < 1.29 is 8.42 Å². The van der Waals surface area contributed by atoms with Crippen molar-refractivity contribution in [1.82, 2.24) is 13.5 Å². The van der Waals surface area contributed by atoms with Crippen LogP contribution in [0.4, 0.5) is 0 Å². The van der Waals surface area contributed by atoms with Gasteiger partial charge in [-0.1, -0.05) is 26.0 Å². The summed E-state index contributed by atoms with van der Waals surface area (Å²) in [6.07, 6.45) is 1.94. The van der Waals surface area contributed by atoms with Crippen molar-refractivity contribution in [1.29, 1.82) is 5.26 Å². The molecule has 1 aromatic carbocycles. The fourth-order valence-corrected chi connectivity index (χ4v) is 6.12. The summed E-state index contributed by atoms with van der Waals surface area (Å²) in [4.78, 5) is 2.30. The van der Waals surface area contributed by atoms with E-state index < -0.39 is 10.2 Å². The molecule has 148 valence electrons. The highest BCUT2D eigenvalue weighted by Crippen LogP contribution is 2.25. The molecule has 0 bridgehead atoms. The number of nitrogens with zero attached hydrogens (tertiary/aromatic N) is 4. The van der Waals surface area contributed by atoms with Crippen LogP contribution in [0.15, 0.2) is 24.3 Å². The summed E-state index contributed by atoms with van der Waals surface area (Å²) in [6.45, 7) is 9.09. The van der Waals surface area contributed by atoms with Crippen LogP contribution in [0.1, 0.15) is 37.8 Å². The van der Waals surface area contributed by atoms with E-state index in [1.54, 1.807) is 8.61 Å². The molecule has 0 amide bonds. The number of benzene rings is 1. The van der Waals surface area contributed by atoms with Crippen LogP contribution in [0.5, 0.6) is 0 Å². The van der Waals surface area contributed by atoms with Gasteiger partial charge in [-0.25, -0.2) is 0 Å². The third kappa shape index (κ3) is 5.08. The maximum absolute atomic E-state index is 13.1. The zero-order valence-corrected chi connectivity index (χ0v) is 17.2. The lowest BCUT2D eigenvalue weighted by Gasteiger charge is -2.37. The minimum Gasteiger partial charge on any atom is -0.298 e. The van der Waals surface area contributed by atoms with Crippen molar-refractivity contribution >= 4 is 10.2 Å². The Balaban J connectivity index is 1.61. The van der Waals surface area contributed by atoms with E-state index in [9.17, 15) is 8.42 Å². The molecule has 2 aliphatic rings. The van der Waals surface area contributed by atoms with Gasteiger partial charge < -0.3 is 0 Å². The SMILES string of the molecule is CC1CC(C)CN(S(=O)(=O)N2CCCN(Cc3ccc(C#N)cc3)CC2)C1. The normalized spacial score (nSPS) is 26.4. The third-order valence-electron chi connectivity index (χ3n) is 5.52.